The maximum Gasteiger partial charge on any atom is 0.257 e. The quantitative estimate of drug-likeness (QED) is 0.871. The van der Waals surface area contributed by atoms with E-state index in [0.717, 1.165) is 0 Å². The monoisotopic (exact) mass is 272 g/mol. The highest BCUT2D eigenvalue weighted by molar-refractivity contribution is 6.05. The Morgan fingerprint density at radius 3 is 2.85 bits per heavy atom. The molecule has 0 radical (unpaired) electrons. The number of ether oxygens (including phenoxy) is 2. The van der Waals surface area contributed by atoms with Crippen LogP contribution in [0.2, 0.25) is 0 Å². The number of rotatable bonds is 2. The molecule has 6 heteroatoms. The third-order valence-electron chi connectivity index (χ3n) is 3.01. The van der Waals surface area contributed by atoms with E-state index in [0.29, 0.717) is 28.3 Å². The van der Waals surface area contributed by atoms with Gasteiger partial charge in [0.1, 0.15) is 0 Å². The molecule has 6 nitrogen and oxygen atoms in total. The number of aromatic nitrogens is 1. The Labute approximate surface area is 114 Å². The molecule has 2 heterocycles. The van der Waals surface area contributed by atoms with Crippen molar-refractivity contribution in [1.82, 2.24) is 4.98 Å². The van der Waals surface area contributed by atoms with Crippen molar-refractivity contribution in [1.29, 1.82) is 0 Å². The fourth-order valence-corrected chi connectivity index (χ4v) is 1.99. The number of anilines is 1. The van der Waals surface area contributed by atoms with E-state index >= 15 is 0 Å². The predicted molar refractivity (Wildman–Crippen MR) is 72.3 cm³/mol. The highest BCUT2D eigenvalue weighted by Crippen LogP contribution is 2.34. The minimum absolute atomic E-state index is 0.186. The molecule has 0 fully saturated rings. The van der Waals surface area contributed by atoms with E-state index in [1.807, 2.05) is 0 Å². The molecule has 0 spiro atoms. The molecule has 1 amide bonds. The molecule has 20 heavy (non-hydrogen) atoms. The Morgan fingerprint density at radius 2 is 2.05 bits per heavy atom. The maximum absolute atomic E-state index is 12.1. The summed E-state index contributed by atoms with van der Waals surface area (Å²) in [5.74, 6) is 0.960. The third kappa shape index (κ3) is 2.23. The highest BCUT2D eigenvalue weighted by atomic mass is 16.7. The molecule has 0 atom stereocenters. The fourth-order valence-electron chi connectivity index (χ4n) is 1.99. The lowest BCUT2D eigenvalue weighted by atomic mass is 10.1. The zero-order valence-corrected chi connectivity index (χ0v) is 10.7. The molecular weight excluding hydrogens is 260 g/mol. The van der Waals surface area contributed by atoms with Gasteiger partial charge in [0.15, 0.2) is 11.5 Å². The van der Waals surface area contributed by atoms with Crippen molar-refractivity contribution in [2.24, 2.45) is 0 Å². The normalized spacial score (nSPS) is 12.2. The van der Waals surface area contributed by atoms with E-state index in [-0.39, 0.29) is 18.3 Å². The van der Waals surface area contributed by atoms with Crippen LogP contribution >= 0.6 is 0 Å². The van der Waals surface area contributed by atoms with Crippen LogP contribution in [-0.4, -0.2) is 17.7 Å². The van der Waals surface area contributed by atoms with Crippen LogP contribution in [0.1, 0.15) is 15.9 Å². The fraction of sp³-hybridized carbons (Fsp3) is 0.143. The average molecular weight is 272 g/mol. The number of aryl methyl sites for hydroxylation is 1. The van der Waals surface area contributed by atoms with E-state index in [4.69, 9.17) is 9.47 Å². The number of hydrogen-bond donors (Lipinski definition) is 2. The number of carbonyl (C=O) groups excluding carboxylic acids is 1. The number of benzene rings is 1. The van der Waals surface area contributed by atoms with Gasteiger partial charge < -0.3 is 19.8 Å². The second-order valence-electron chi connectivity index (χ2n) is 4.42. The van der Waals surface area contributed by atoms with Gasteiger partial charge in [0, 0.05) is 24.0 Å². The van der Waals surface area contributed by atoms with E-state index in [1.54, 1.807) is 25.1 Å². The molecule has 102 valence electrons. The van der Waals surface area contributed by atoms with Crippen LogP contribution in [0.4, 0.5) is 5.69 Å². The van der Waals surface area contributed by atoms with Gasteiger partial charge in [-0.1, -0.05) is 0 Å². The largest absolute Gasteiger partial charge is 0.454 e. The molecule has 0 aliphatic carbocycles. The van der Waals surface area contributed by atoms with E-state index < -0.39 is 0 Å². The van der Waals surface area contributed by atoms with Gasteiger partial charge in [-0.15, -0.1) is 0 Å². The van der Waals surface area contributed by atoms with Crippen LogP contribution in [0.3, 0.4) is 0 Å². The number of carbonyl (C=O) groups is 1. The van der Waals surface area contributed by atoms with Gasteiger partial charge in [0.05, 0.1) is 5.56 Å². The minimum Gasteiger partial charge on any atom is -0.454 e. The van der Waals surface area contributed by atoms with Crippen LogP contribution in [0.15, 0.2) is 35.3 Å². The van der Waals surface area contributed by atoms with Gasteiger partial charge in [0.25, 0.3) is 5.91 Å². The van der Waals surface area contributed by atoms with E-state index in [2.05, 4.69) is 10.3 Å². The van der Waals surface area contributed by atoms with Gasteiger partial charge in [-0.05, 0) is 24.6 Å². The number of pyridine rings is 1. The summed E-state index contributed by atoms with van der Waals surface area (Å²) in [6.45, 7) is 1.90. The smallest absolute Gasteiger partial charge is 0.257 e. The van der Waals surface area contributed by atoms with Gasteiger partial charge in [0.2, 0.25) is 12.4 Å². The molecular formula is C14H12N2O4. The van der Waals surface area contributed by atoms with Crippen molar-refractivity contribution in [2.75, 3.05) is 12.1 Å². The zero-order chi connectivity index (χ0) is 14.1. The Bertz CT molecular complexity index is 736. The van der Waals surface area contributed by atoms with Crippen molar-refractivity contribution in [3.8, 4) is 11.5 Å². The minimum atomic E-state index is -0.294. The molecule has 0 unspecified atom stereocenters. The number of amides is 1. The van der Waals surface area contributed by atoms with Crippen molar-refractivity contribution in [3.63, 3.8) is 0 Å². The van der Waals surface area contributed by atoms with Crippen LogP contribution in [0, 0.1) is 6.92 Å². The Morgan fingerprint density at radius 1 is 1.25 bits per heavy atom. The molecule has 1 aliphatic rings. The second-order valence-corrected chi connectivity index (χ2v) is 4.42. The number of nitrogens with one attached hydrogen (secondary N) is 2. The number of H-pyrrole nitrogens is 1. The molecule has 1 aliphatic heterocycles. The zero-order valence-electron chi connectivity index (χ0n) is 10.7. The van der Waals surface area contributed by atoms with Crippen LogP contribution in [0.25, 0.3) is 0 Å². The Balaban J connectivity index is 1.84. The first kappa shape index (κ1) is 12.3. The number of aromatic amines is 1. The van der Waals surface area contributed by atoms with Crippen molar-refractivity contribution in [2.45, 2.75) is 6.92 Å². The van der Waals surface area contributed by atoms with Crippen molar-refractivity contribution in [3.05, 3.63) is 51.9 Å². The summed E-state index contributed by atoms with van der Waals surface area (Å²) in [5, 5.41) is 2.75. The molecule has 1 aromatic carbocycles. The molecule has 0 bridgehead atoms. The average Bonchev–Trinajstić information content (AvgIpc) is 2.85. The van der Waals surface area contributed by atoms with Crippen molar-refractivity contribution < 1.29 is 14.3 Å². The predicted octanol–water partition coefficient (Wildman–Crippen LogP) is 1.66. The lowest BCUT2D eigenvalue weighted by Gasteiger charge is -2.07. The highest BCUT2D eigenvalue weighted by Gasteiger charge is 2.15. The summed E-state index contributed by atoms with van der Waals surface area (Å²) < 4.78 is 10.4. The summed E-state index contributed by atoms with van der Waals surface area (Å²) in [6, 6.07) is 6.54. The lowest BCUT2D eigenvalue weighted by Crippen LogP contribution is -2.16. The third-order valence-corrected chi connectivity index (χ3v) is 3.01. The van der Waals surface area contributed by atoms with Crippen LogP contribution < -0.4 is 20.3 Å². The first-order chi connectivity index (χ1) is 9.63. The standard InChI is InChI=1S/C14H12N2O4/c1-8-4-13(17)15-6-10(8)14(18)16-9-2-3-11-12(5-9)20-7-19-11/h2-6H,7H2,1H3,(H,15,17)(H,16,18). The number of fused-ring (bicyclic) bond motifs is 1. The molecule has 3 rings (SSSR count). The summed E-state index contributed by atoms with van der Waals surface area (Å²) in [4.78, 5) is 25.8. The van der Waals surface area contributed by atoms with Crippen LogP contribution in [0.5, 0.6) is 11.5 Å². The first-order valence-corrected chi connectivity index (χ1v) is 6.04. The maximum atomic E-state index is 12.1. The summed E-state index contributed by atoms with van der Waals surface area (Å²) in [7, 11) is 0. The van der Waals surface area contributed by atoms with E-state index in [9.17, 15) is 9.59 Å². The van der Waals surface area contributed by atoms with Gasteiger partial charge in [-0.25, -0.2) is 0 Å². The molecule has 2 aromatic rings. The van der Waals surface area contributed by atoms with Gasteiger partial charge in [-0.2, -0.15) is 0 Å². The molecule has 0 saturated heterocycles. The summed E-state index contributed by atoms with van der Waals surface area (Å²) in [5.41, 5.74) is 1.40. The van der Waals surface area contributed by atoms with E-state index in [1.165, 1.54) is 12.3 Å². The lowest BCUT2D eigenvalue weighted by molar-refractivity contribution is 0.102. The van der Waals surface area contributed by atoms with Crippen LogP contribution in [-0.2, 0) is 0 Å². The molecule has 2 N–H and O–H groups in total. The Hall–Kier alpha value is -2.76. The molecule has 0 saturated carbocycles. The Kier molecular flexibility index (Phi) is 2.90. The summed E-state index contributed by atoms with van der Waals surface area (Å²) >= 11 is 0. The SMILES string of the molecule is Cc1cc(=O)[nH]cc1C(=O)Nc1ccc2c(c1)OCO2. The second kappa shape index (κ2) is 4.73. The first-order valence-electron chi connectivity index (χ1n) is 6.04. The topological polar surface area (TPSA) is 80.4 Å². The van der Waals surface area contributed by atoms with Crippen molar-refractivity contribution >= 4 is 11.6 Å². The summed E-state index contributed by atoms with van der Waals surface area (Å²) in [6.07, 6.45) is 1.40. The molecule has 1 aromatic heterocycles. The van der Waals surface area contributed by atoms with Gasteiger partial charge >= 0.3 is 0 Å². The van der Waals surface area contributed by atoms with Gasteiger partial charge in [-0.3, -0.25) is 9.59 Å². The number of hydrogen-bond acceptors (Lipinski definition) is 4.